The fraction of sp³-hybridized carbons (Fsp3) is 0.556. The number of alkyl halides is 2. The number of carbonyl (C=O) groups is 2. The summed E-state index contributed by atoms with van der Waals surface area (Å²) in [5.74, 6) is -0.0258. The van der Waals surface area contributed by atoms with Crippen LogP contribution in [0.4, 0.5) is 13.6 Å². The molecule has 0 radical (unpaired) electrons. The number of urea groups is 1. The van der Waals surface area contributed by atoms with Crippen LogP contribution in [0, 0.1) is 0 Å². The van der Waals surface area contributed by atoms with Gasteiger partial charge < -0.3 is 20.3 Å². The van der Waals surface area contributed by atoms with Crippen LogP contribution in [-0.4, -0.2) is 42.6 Å². The van der Waals surface area contributed by atoms with Crippen molar-refractivity contribution in [3.63, 3.8) is 0 Å². The van der Waals surface area contributed by atoms with E-state index in [1.807, 2.05) is 0 Å². The summed E-state index contributed by atoms with van der Waals surface area (Å²) in [7, 11) is 0. The predicted molar refractivity (Wildman–Crippen MR) is 93.0 cm³/mol. The second-order valence-corrected chi connectivity index (χ2v) is 6.39. The summed E-state index contributed by atoms with van der Waals surface area (Å²) < 4.78 is 28.6. The minimum absolute atomic E-state index is 0.0566. The standard InChI is InChI=1S/C18H25F2N3O3/c1-12(14-6-8-15(9-7-14)26-17(19)20)21-18(25)22-13(2)16(24)23-10-4-3-5-11-23/h6-9,12-13,17H,3-5,10-11H2,1-2H3,(H2,21,22,25)/t12-,13+/m0/s1. The third-order valence-electron chi connectivity index (χ3n) is 4.34. The van der Waals surface area contributed by atoms with Crippen molar-refractivity contribution < 1.29 is 23.1 Å². The molecule has 0 aromatic heterocycles. The maximum absolute atomic E-state index is 12.3. The molecule has 2 atom stereocenters. The second-order valence-electron chi connectivity index (χ2n) is 6.39. The highest BCUT2D eigenvalue weighted by Crippen LogP contribution is 2.19. The van der Waals surface area contributed by atoms with Crippen LogP contribution in [0.1, 0.15) is 44.7 Å². The Bertz CT molecular complexity index is 604. The molecule has 144 valence electrons. The van der Waals surface area contributed by atoms with E-state index in [4.69, 9.17) is 0 Å². The van der Waals surface area contributed by atoms with E-state index in [-0.39, 0.29) is 17.7 Å². The van der Waals surface area contributed by atoms with Crippen molar-refractivity contribution in [3.05, 3.63) is 29.8 Å². The molecule has 0 spiro atoms. The molecule has 2 rings (SSSR count). The molecule has 0 bridgehead atoms. The first kappa shape index (κ1) is 19.9. The summed E-state index contributed by atoms with van der Waals surface area (Å²) in [5.41, 5.74) is 0.733. The molecule has 1 aromatic carbocycles. The van der Waals surface area contributed by atoms with Gasteiger partial charge in [0.1, 0.15) is 11.8 Å². The monoisotopic (exact) mass is 369 g/mol. The Kier molecular flexibility index (Phi) is 7.17. The molecule has 1 aliphatic heterocycles. The van der Waals surface area contributed by atoms with Crippen molar-refractivity contribution in [1.82, 2.24) is 15.5 Å². The zero-order valence-corrected chi connectivity index (χ0v) is 15.0. The Morgan fingerprint density at radius 3 is 2.23 bits per heavy atom. The van der Waals surface area contributed by atoms with Gasteiger partial charge in [-0.1, -0.05) is 12.1 Å². The zero-order valence-electron chi connectivity index (χ0n) is 15.0. The highest BCUT2D eigenvalue weighted by atomic mass is 19.3. The molecule has 26 heavy (non-hydrogen) atoms. The van der Waals surface area contributed by atoms with Crippen LogP contribution in [0.15, 0.2) is 24.3 Å². The molecule has 1 aromatic rings. The van der Waals surface area contributed by atoms with Gasteiger partial charge in [0.2, 0.25) is 5.91 Å². The van der Waals surface area contributed by atoms with E-state index >= 15 is 0 Å². The average molecular weight is 369 g/mol. The summed E-state index contributed by atoms with van der Waals surface area (Å²) in [4.78, 5) is 26.2. The predicted octanol–water partition coefficient (Wildman–Crippen LogP) is 3.05. The number of benzene rings is 1. The number of hydrogen-bond acceptors (Lipinski definition) is 3. The van der Waals surface area contributed by atoms with Crippen LogP contribution in [0.2, 0.25) is 0 Å². The molecule has 0 aliphatic carbocycles. The molecular weight excluding hydrogens is 344 g/mol. The molecule has 3 amide bonds. The summed E-state index contributed by atoms with van der Waals surface area (Å²) in [5, 5.41) is 5.39. The molecule has 1 aliphatic rings. The Morgan fingerprint density at radius 1 is 1.04 bits per heavy atom. The van der Waals surface area contributed by atoms with Crippen LogP contribution in [-0.2, 0) is 4.79 Å². The molecule has 1 saturated heterocycles. The van der Waals surface area contributed by atoms with Crippen molar-refractivity contribution in [2.75, 3.05) is 13.1 Å². The van der Waals surface area contributed by atoms with E-state index < -0.39 is 18.7 Å². The lowest BCUT2D eigenvalue weighted by molar-refractivity contribution is -0.133. The maximum Gasteiger partial charge on any atom is 0.387 e. The molecule has 1 fully saturated rings. The number of amides is 3. The number of ether oxygens (including phenoxy) is 1. The van der Waals surface area contributed by atoms with E-state index in [1.165, 1.54) is 12.1 Å². The maximum atomic E-state index is 12.3. The molecule has 0 saturated carbocycles. The van der Waals surface area contributed by atoms with Crippen molar-refractivity contribution in [2.24, 2.45) is 0 Å². The van der Waals surface area contributed by atoms with Gasteiger partial charge in [-0.25, -0.2) is 4.79 Å². The molecule has 2 N–H and O–H groups in total. The molecule has 0 unspecified atom stereocenters. The van der Waals surface area contributed by atoms with Crippen LogP contribution < -0.4 is 15.4 Å². The average Bonchev–Trinajstić information content (AvgIpc) is 2.61. The summed E-state index contributed by atoms with van der Waals surface area (Å²) in [6.07, 6.45) is 3.12. The number of piperidine rings is 1. The number of likely N-dealkylation sites (tertiary alicyclic amines) is 1. The number of carbonyl (C=O) groups excluding carboxylic acids is 2. The van der Waals surface area contributed by atoms with Gasteiger partial charge in [-0.05, 0) is 50.8 Å². The first-order valence-corrected chi connectivity index (χ1v) is 8.77. The van der Waals surface area contributed by atoms with Crippen molar-refractivity contribution in [1.29, 1.82) is 0 Å². The Morgan fingerprint density at radius 2 is 1.65 bits per heavy atom. The van der Waals surface area contributed by atoms with E-state index in [0.29, 0.717) is 0 Å². The number of nitrogens with zero attached hydrogens (tertiary/aromatic N) is 1. The summed E-state index contributed by atoms with van der Waals surface area (Å²) >= 11 is 0. The minimum Gasteiger partial charge on any atom is -0.435 e. The zero-order chi connectivity index (χ0) is 19.1. The topological polar surface area (TPSA) is 70.7 Å². The van der Waals surface area contributed by atoms with Gasteiger partial charge in [0.25, 0.3) is 0 Å². The lowest BCUT2D eigenvalue weighted by Crippen LogP contribution is -2.51. The van der Waals surface area contributed by atoms with Crippen LogP contribution >= 0.6 is 0 Å². The van der Waals surface area contributed by atoms with Gasteiger partial charge in [0.15, 0.2) is 0 Å². The SMILES string of the molecule is C[C@H](NC(=O)N[C@H](C)C(=O)N1CCCCC1)c1ccc(OC(F)F)cc1. The third kappa shape index (κ3) is 5.86. The van der Waals surface area contributed by atoms with Crippen molar-refractivity contribution >= 4 is 11.9 Å². The fourth-order valence-electron chi connectivity index (χ4n) is 2.91. The molecule has 1 heterocycles. The lowest BCUT2D eigenvalue weighted by atomic mass is 10.1. The quantitative estimate of drug-likeness (QED) is 0.810. The van der Waals surface area contributed by atoms with Crippen LogP contribution in [0.3, 0.4) is 0 Å². The fourth-order valence-corrected chi connectivity index (χ4v) is 2.91. The van der Waals surface area contributed by atoms with Crippen molar-refractivity contribution in [2.45, 2.75) is 51.8 Å². The van der Waals surface area contributed by atoms with Gasteiger partial charge in [-0.2, -0.15) is 8.78 Å². The number of nitrogens with one attached hydrogen (secondary N) is 2. The lowest BCUT2D eigenvalue weighted by Gasteiger charge is -2.29. The minimum atomic E-state index is -2.87. The number of halogens is 2. The second kappa shape index (κ2) is 9.35. The van der Waals surface area contributed by atoms with Gasteiger partial charge in [-0.15, -0.1) is 0 Å². The van der Waals surface area contributed by atoms with Crippen molar-refractivity contribution in [3.8, 4) is 5.75 Å². The molecule has 8 heteroatoms. The van der Waals surface area contributed by atoms with E-state index in [9.17, 15) is 18.4 Å². The first-order valence-electron chi connectivity index (χ1n) is 8.77. The van der Waals surface area contributed by atoms with Crippen LogP contribution in [0.5, 0.6) is 5.75 Å². The van der Waals surface area contributed by atoms with E-state index in [0.717, 1.165) is 37.9 Å². The first-order chi connectivity index (χ1) is 12.4. The molecular formula is C18H25F2N3O3. The van der Waals surface area contributed by atoms with Crippen LogP contribution in [0.25, 0.3) is 0 Å². The Hall–Kier alpha value is -2.38. The van der Waals surface area contributed by atoms with Gasteiger partial charge in [0, 0.05) is 13.1 Å². The smallest absolute Gasteiger partial charge is 0.387 e. The molecule has 6 nitrogen and oxygen atoms in total. The summed E-state index contributed by atoms with van der Waals surface area (Å²) in [6, 6.07) is 4.62. The highest BCUT2D eigenvalue weighted by Gasteiger charge is 2.23. The van der Waals surface area contributed by atoms with E-state index in [2.05, 4.69) is 15.4 Å². The largest absolute Gasteiger partial charge is 0.435 e. The number of rotatable bonds is 6. The van der Waals surface area contributed by atoms with Gasteiger partial charge >= 0.3 is 12.6 Å². The Labute approximate surface area is 151 Å². The third-order valence-corrected chi connectivity index (χ3v) is 4.34. The summed E-state index contributed by atoms with van der Waals surface area (Å²) in [6.45, 7) is 2.02. The number of hydrogen-bond donors (Lipinski definition) is 2. The van der Waals surface area contributed by atoms with Gasteiger partial charge in [-0.3, -0.25) is 4.79 Å². The normalized spacial score (nSPS) is 16.7. The van der Waals surface area contributed by atoms with Gasteiger partial charge in [0.05, 0.1) is 6.04 Å². The Balaban J connectivity index is 1.83. The highest BCUT2D eigenvalue weighted by molar-refractivity contribution is 5.86. The van der Waals surface area contributed by atoms with E-state index in [1.54, 1.807) is 30.9 Å².